The molecular formula is C11H10F4N2O3. The molecule has 1 aromatic rings. The fourth-order valence-electron chi connectivity index (χ4n) is 1.39. The van der Waals surface area contributed by atoms with Crippen LogP contribution in [0.5, 0.6) is 0 Å². The van der Waals surface area contributed by atoms with E-state index in [0.717, 1.165) is 18.2 Å². The Morgan fingerprint density at radius 1 is 1.35 bits per heavy atom. The Morgan fingerprint density at radius 3 is 2.55 bits per heavy atom. The zero-order valence-corrected chi connectivity index (χ0v) is 10.0. The second-order valence-corrected chi connectivity index (χ2v) is 3.90. The summed E-state index contributed by atoms with van der Waals surface area (Å²) < 4.78 is 48.9. The SMILES string of the molecule is O=C(NCCCC(F)(F)F)c1cc([N+](=O)[O-])ccc1F. The van der Waals surface area contributed by atoms with Crippen molar-refractivity contribution in [2.24, 2.45) is 0 Å². The predicted octanol–water partition coefficient (Wildman–Crippen LogP) is 2.81. The highest BCUT2D eigenvalue weighted by Crippen LogP contribution is 2.21. The summed E-state index contributed by atoms with van der Waals surface area (Å²) in [6, 6.07) is 2.37. The average molecular weight is 294 g/mol. The smallest absolute Gasteiger partial charge is 0.352 e. The third-order valence-corrected chi connectivity index (χ3v) is 2.33. The van der Waals surface area contributed by atoms with Crippen LogP contribution in [0.1, 0.15) is 23.2 Å². The van der Waals surface area contributed by atoms with Crippen molar-refractivity contribution in [1.82, 2.24) is 5.32 Å². The first kappa shape index (κ1) is 15.9. The van der Waals surface area contributed by atoms with Gasteiger partial charge in [-0.2, -0.15) is 13.2 Å². The first-order valence-corrected chi connectivity index (χ1v) is 5.49. The third kappa shape index (κ3) is 4.82. The minimum atomic E-state index is -4.33. The number of hydrogen-bond acceptors (Lipinski definition) is 3. The molecule has 20 heavy (non-hydrogen) atoms. The minimum absolute atomic E-state index is 0.305. The van der Waals surface area contributed by atoms with Crippen molar-refractivity contribution in [2.75, 3.05) is 6.54 Å². The van der Waals surface area contributed by atoms with Crippen LogP contribution in [0.3, 0.4) is 0 Å². The summed E-state index contributed by atoms with van der Waals surface area (Å²) in [7, 11) is 0. The van der Waals surface area contributed by atoms with E-state index in [0.29, 0.717) is 0 Å². The normalized spacial score (nSPS) is 11.2. The molecule has 0 atom stereocenters. The van der Waals surface area contributed by atoms with Crippen LogP contribution in [0, 0.1) is 15.9 Å². The van der Waals surface area contributed by atoms with E-state index in [1.807, 2.05) is 0 Å². The lowest BCUT2D eigenvalue weighted by atomic mass is 10.1. The second kappa shape index (κ2) is 6.31. The molecule has 0 aromatic heterocycles. The standard InChI is InChI=1S/C11H10F4N2O3/c12-9-3-2-7(17(19)20)6-8(9)10(18)16-5-1-4-11(13,14)15/h2-3,6H,1,4-5H2,(H,16,18). The molecule has 0 bridgehead atoms. The van der Waals surface area contributed by atoms with Crippen LogP contribution in [0.15, 0.2) is 18.2 Å². The van der Waals surface area contributed by atoms with Crippen LogP contribution in [-0.4, -0.2) is 23.6 Å². The fraction of sp³-hybridized carbons (Fsp3) is 0.364. The number of nitro groups is 1. The quantitative estimate of drug-likeness (QED) is 0.393. The summed E-state index contributed by atoms with van der Waals surface area (Å²) in [4.78, 5) is 21.2. The van der Waals surface area contributed by atoms with Gasteiger partial charge in [0.15, 0.2) is 0 Å². The van der Waals surface area contributed by atoms with Crippen molar-refractivity contribution in [1.29, 1.82) is 0 Å². The van der Waals surface area contributed by atoms with Gasteiger partial charge in [0.25, 0.3) is 11.6 Å². The average Bonchev–Trinajstić information content (AvgIpc) is 2.33. The van der Waals surface area contributed by atoms with Gasteiger partial charge in [0, 0.05) is 25.1 Å². The van der Waals surface area contributed by atoms with Crippen LogP contribution in [0.4, 0.5) is 23.2 Å². The van der Waals surface area contributed by atoms with Gasteiger partial charge in [-0.1, -0.05) is 0 Å². The molecule has 5 nitrogen and oxygen atoms in total. The molecule has 0 radical (unpaired) electrons. The number of nitro benzene ring substituents is 1. The van der Waals surface area contributed by atoms with Crippen LogP contribution >= 0.6 is 0 Å². The molecule has 1 N–H and O–H groups in total. The van der Waals surface area contributed by atoms with Crippen molar-refractivity contribution in [2.45, 2.75) is 19.0 Å². The molecule has 1 aromatic carbocycles. The van der Waals surface area contributed by atoms with Crippen molar-refractivity contribution < 1.29 is 27.3 Å². The number of carbonyl (C=O) groups excluding carboxylic acids is 1. The summed E-state index contributed by atoms with van der Waals surface area (Å²) >= 11 is 0. The van der Waals surface area contributed by atoms with Crippen LogP contribution in [0.2, 0.25) is 0 Å². The minimum Gasteiger partial charge on any atom is -0.352 e. The van der Waals surface area contributed by atoms with Gasteiger partial charge in [-0.05, 0) is 12.5 Å². The third-order valence-electron chi connectivity index (χ3n) is 2.33. The maximum atomic E-state index is 13.3. The van der Waals surface area contributed by atoms with Crippen molar-refractivity contribution >= 4 is 11.6 Å². The molecule has 0 saturated heterocycles. The molecule has 0 fully saturated rings. The van der Waals surface area contributed by atoms with E-state index in [1.165, 1.54) is 0 Å². The first-order valence-electron chi connectivity index (χ1n) is 5.49. The lowest BCUT2D eigenvalue weighted by Gasteiger charge is -2.08. The van der Waals surface area contributed by atoms with Gasteiger partial charge in [-0.15, -0.1) is 0 Å². The summed E-state index contributed by atoms with van der Waals surface area (Å²) in [5.74, 6) is -1.97. The van der Waals surface area contributed by atoms with Gasteiger partial charge >= 0.3 is 6.18 Å². The van der Waals surface area contributed by atoms with Crippen LogP contribution < -0.4 is 5.32 Å². The molecule has 0 spiro atoms. The summed E-state index contributed by atoms with van der Waals surface area (Å²) in [6.45, 7) is -0.305. The molecule has 1 rings (SSSR count). The van der Waals surface area contributed by atoms with Gasteiger partial charge < -0.3 is 5.32 Å². The number of hydrogen-bond donors (Lipinski definition) is 1. The number of nitrogens with one attached hydrogen (secondary N) is 1. The molecule has 9 heteroatoms. The molecular weight excluding hydrogens is 284 g/mol. The molecule has 1 amide bonds. The molecule has 0 saturated carbocycles. The lowest BCUT2D eigenvalue weighted by Crippen LogP contribution is -2.26. The topological polar surface area (TPSA) is 72.2 Å². The van der Waals surface area contributed by atoms with E-state index in [9.17, 15) is 32.5 Å². The molecule has 110 valence electrons. The van der Waals surface area contributed by atoms with E-state index in [2.05, 4.69) is 5.32 Å². The Morgan fingerprint density at radius 2 is 2.00 bits per heavy atom. The summed E-state index contributed by atoms with van der Waals surface area (Å²) in [5.41, 5.74) is -1.06. The maximum Gasteiger partial charge on any atom is 0.389 e. The Bertz CT molecular complexity index is 517. The molecule has 0 heterocycles. The molecule has 0 aliphatic heterocycles. The van der Waals surface area contributed by atoms with Gasteiger partial charge in [0.1, 0.15) is 5.82 Å². The highest BCUT2D eigenvalue weighted by molar-refractivity contribution is 5.95. The monoisotopic (exact) mass is 294 g/mol. The van der Waals surface area contributed by atoms with Gasteiger partial charge in [-0.3, -0.25) is 14.9 Å². The van der Waals surface area contributed by atoms with Crippen LogP contribution in [-0.2, 0) is 0 Å². The number of halogens is 4. The highest BCUT2D eigenvalue weighted by Gasteiger charge is 2.26. The molecule has 0 aliphatic rings. The number of amides is 1. The number of alkyl halides is 3. The molecule has 0 aliphatic carbocycles. The zero-order valence-electron chi connectivity index (χ0n) is 10.0. The Hall–Kier alpha value is -2.19. The Balaban J connectivity index is 2.63. The van der Waals surface area contributed by atoms with E-state index in [4.69, 9.17) is 0 Å². The van der Waals surface area contributed by atoms with Gasteiger partial charge in [-0.25, -0.2) is 4.39 Å². The zero-order chi connectivity index (χ0) is 15.3. The van der Waals surface area contributed by atoms with E-state index < -0.39 is 40.5 Å². The number of benzene rings is 1. The van der Waals surface area contributed by atoms with Crippen molar-refractivity contribution in [3.05, 3.63) is 39.7 Å². The number of rotatable bonds is 5. The summed E-state index contributed by atoms with van der Waals surface area (Å²) in [6.07, 6.45) is -5.77. The van der Waals surface area contributed by atoms with Gasteiger partial charge in [0.05, 0.1) is 10.5 Å². The van der Waals surface area contributed by atoms with Crippen molar-refractivity contribution in [3.63, 3.8) is 0 Å². The number of non-ortho nitro benzene ring substituents is 1. The first-order chi connectivity index (χ1) is 9.20. The summed E-state index contributed by atoms with van der Waals surface area (Å²) in [5, 5.41) is 12.6. The van der Waals surface area contributed by atoms with Crippen molar-refractivity contribution in [3.8, 4) is 0 Å². The lowest BCUT2D eigenvalue weighted by molar-refractivity contribution is -0.384. The maximum absolute atomic E-state index is 13.3. The Labute approximate surface area is 110 Å². The largest absolute Gasteiger partial charge is 0.389 e. The molecule has 0 unspecified atom stereocenters. The van der Waals surface area contributed by atoms with Gasteiger partial charge in [0.2, 0.25) is 0 Å². The van der Waals surface area contributed by atoms with E-state index in [-0.39, 0.29) is 13.0 Å². The number of carbonyl (C=O) groups is 1. The number of nitrogens with zero attached hydrogens (tertiary/aromatic N) is 1. The van der Waals surface area contributed by atoms with E-state index in [1.54, 1.807) is 0 Å². The van der Waals surface area contributed by atoms with Crippen LogP contribution in [0.25, 0.3) is 0 Å². The predicted molar refractivity (Wildman–Crippen MR) is 60.7 cm³/mol. The second-order valence-electron chi connectivity index (χ2n) is 3.90. The highest BCUT2D eigenvalue weighted by atomic mass is 19.4. The Kier molecular flexibility index (Phi) is 5.00. The van der Waals surface area contributed by atoms with E-state index >= 15 is 0 Å². The fourth-order valence-corrected chi connectivity index (χ4v) is 1.39.